The summed E-state index contributed by atoms with van der Waals surface area (Å²) in [6, 6.07) is 4.53. The lowest BCUT2D eigenvalue weighted by atomic mass is 9.86. The molecule has 1 saturated carbocycles. The molecule has 1 aromatic rings. The first-order chi connectivity index (χ1) is 12.5. The van der Waals surface area contributed by atoms with E-state index in [9.17, 15) is 26.4 Å². The van der Waals surface area contributed by atoms with Crippen molar-refractivity contribution >= 4 is 15.9 Å². The normalized spacial score (nSPS) is 21.3. The molecule has 0 spiro atoms. The molecule has 0 saturated heterocycles. The maximum Gasteiger partial charge on any atom is 0.416 e. The summed E-state index contributed by atoms with van der Waals surface area (Å²) < 4.78 is 64.1. The zero-order valence-electron chi connectivity index (χ0n) is 15.3. The van der Waals surface area contributed by atoms with Gasteiger partial charge in [-0.1, -0.05) is 12.1 Å². The van der Waals surface area contributed by atoms with E-state index in [0.29, 0.717) is 31.2 Å². The van der Waals surface area contributed by atoms with Crippen molar-refractivity contribution in [1.82, 2.24) is 10.0 Å². The molecule has 2 rings (SSSR count). The number of nitrogens with one attached hydrogen (secondary N) is 2. The zero-order valence-corrected chi connectivity index (χ0v) is 16.2. The highest BCUT2D eigenvalue weighted by molar-refractivity contribution is 7.90. The van der Waals surface area contributed by atoms with Gasteiger partial charge < -0.3 is 5.32 Å². The highest BCUT2D eigenvalue weighted by Gasteiger charge is 2.31. The molecule has 2 N–H and O–H groups in total. The molecule has 1 aromatic carbocycles. The van der Waals surface area contributed by atoms with Gasteiger partial charge in [0.2, 0.25) is 15.9 Å². The van der Waals surface area contributed by atoms with Gasteiger partial charge >= 0.3 is 6.18 Å². The molecule has 152 valence electrons. The van der Waals surface area contributed by atoms with Gasteiger partial charge in [-0.3, -0.25) is 4.79 Å². The Labute approximate surface area is 157 Å². The number of halogens is 3. The Balaban J connectivity index is 1.79. The molecule has 0 radical (unpaired) electrons. The summed E-state index contributed by atoms with van der Waals surface area (Å²) in [7, 11) is -3.33. The van der Waals surface area contributed by atoms with Gasteiger partial charge in [0.25, 0.3) is 0 Å². The smallest absolute Gasteiger partial charge is 0.352 e. The first kappa shape index (κ1) is 21.7. The van der Waals surface area contributed by atoms with E-state index in [1.165, 1.54) is 12.1 Å². The van der Waals surface area contributed by atoms with E-state index in [4.69, 9.17) is 0 Å². The van der Waals surface area contributed by atoms with Gasteiger partial charge in [0, 0.05) is 18.5 Å². The number of alkyl halides is 3. The fourth-order valence-corrected chi connectivity index (χ4v) is 3.96. The second-order valence-corrected chi connectivity index (χ2v) is 9.44. The van der Waals surface area contributed by atoms with Crippen LogP contribution in [0.4, 0.5) is 13.2 Å². The van der Waals surface area contributed by atoms with Crippen LogP contribution in [0.1, 0.15) is 50.7 Å². The molecule has 0 aliphatic heterocycles. The predicted molar refractivity (Wildman–Crippen MR) is 96.2 cm³/mol. The fourth-order valence-electron chi connectivity index (χ4n) is 2.99. The molecular weight excluding hydrogens is 381 g/mol. The third kappa shape index (κ3) is 6.21. The van der Waals surface area contributed by atoms with Crippen LogP contribution in [0.2, 0.25) is 0 Å². The molecule has 5 nitrogen and oxygen atoms in total. The van der Waals surface area contributed by atoms with Gasteiger partial charge in [0.15, 0.2) is 0 Å². The van der Waals surface area contributed by atoms with Crippen LogP contribution in [0.5, 0.6) is 0 Å². The van der Waals surface area contributed by atoms with Gasteiger partial charge in [-0.2, -0.15) is 13.2 Å². The van der Waals surface area contributed by atoms with Gasteiger partial charge in [-0.15, -0.1) is 0 Å². The number of amides is 1. The van der Waals surface area contributed by atoms with E-state index >= 15 is 0 Å². The lowest BCUT2D eigenvalue weighted by Gasteiger charge is -2.28. The average Bonchev–Trinajstić information content (AvgIpc) is 2.59. The summed E-state index contributed by atoms with van der Waals surface area (Å²) in [5.41, 5.74) is -0.130. The molecule has 1 fully saturated rings. The van der Waals surface area contributed by atoms with Crippen LogP contribution < -0.4 is 10.0 Å². The van der Waals surface area contributed by atoms with E-state index in [2.05, 4.69) is 10.0 Å². The maximum absolute atomic E-state index is 12.5. The van der Waals surface area contributed by atoms with Crippen LogP contribution in [-0.2, 0) is 27.5 Å². The van der Waals surface area contributed by atoms with Crippen LogP contribution in [0.3, 0.4) is 0 Å². The van der Waals surface area contributed by atoms with Crippen LogP contribution in [0, 0.1) is 5.92 Å². The third-order valence-electron chi connectivity index (χ3n) is 4.80. The number of sulfonamides is 1. The molecule has 0 unspecified atom stereocenters. The molecule has 0 bridgehead atoms. The second kappa shape index (κ2) is 8.60. The largest absolute Gasteiger partial charge is 0.416 e. The first-order valence-electron chi connectivity index (χ1n) is 8.94. The van der Waals surface area contributed by atoms with Gasteiger partial charge in [0.1, 0.15) is 0 Å². The Kier molecular flexibility index (Phi) is 6.91. The third-order valence-corrected chi connectivity index (χ3v) is 6.70. The van der Waals surface area contributed by atoms with Gasteiger partial charge in [-0.25, -0.2) is 13.1 Å². The van der Waals surface area contributed by atoms with Gasteiger partial charge in [0.05, 0.1) is 10.8 Å². The van der Waals surface area contributed by atoms with Crippen molar-refractivity contribution < 1.29 is 26.4 Å². The van der Waals surface area contributed by atoms with E-state index in [-0.39, 0.29) is 24.4 Å². The molecule has 0 heterocycles. The van der Waals surface area contributed by atoms with Crippen molar-refractivity contribution in [3.8, 4) is 0 Å². The van der Waals surface area contributed by atoms with Crippen LogP contribution in [0.25, 0.3) is 0 Å². The Morgan fingerprint density at radius 2 is 1.67 bits per heavy atom. The number of carbonyl (C=O) groups excluding carboxylic acids is 1. The molecule has 1 aliphatic rings. The molecule has 1 aliphatic carbocycles. The quantitative estimate of drug-likeness (QED) is 0.762. The van der Waals surface area contributed by atoms with E-state index in [1.807, 2.05) is 0 Å². The first-order valence-corrected chi connectivity index (χ1v) is 10.5. The van der Waals surface area contributed by atoms with E-state index in [1.54, 1.807) is 13.8 Å². The zero-order chi connectivity index (χ0) is 20.2. The lowest BCUT2D eigenvalue weighted by Crippen LogP contribution is -2.43. The minimum absolute atomic E-state index is 0.153. The summed E-state index contributed by atoms with van der Waals surface area (Å²) in [5, 5.41) is 2.25. The molecule has 0 atom stereocenters. The predicted octanol–water partition coefficient (Wildman–Crippen LogP) is 3.21. The fraction of sp³-hybridized carbons (Fsp3) is 0.611. The average molecular weight is 406 g/mol. The number of benzene rings is 1. The number of carbonyl (C=O) groups is 1. The Morgan fingerprint density at radius 3 is 2.15 bits per heavy atom. The van der Waals surface area contributed by atoms with Crippen molar-refractivity contribution in [3.63, 3.8) is 0 Å². The molecule has 0 aromatic heterocycles. The monoisotopic (exact) mass is 406 g/mol. The summed E-state index contributed by atoms with van der Waals surface area (Å²) >= 11 is 0. The van der Waals surface area contributed by atoms with Crippen molar-refractivity contribution in [2.75, 3.05) is 0 Å². The highest BCUT2D eigenvalue weighted by Crippen LogP contribution is 2.29. The number of hydrogen-bond donors (Lipinski definition) is 2. The summed E-state index contributed by atoms with van der Waals surface area (Å²) in [6.07, 6.45) is -2.06. The Hall–Kier alpha value is -1.61. The highest BCUT2D eigenvalue weighted by atomic mass is 32.2. The molecule has 27 heavy (non-hydrogen) atoms. The topological polar surface area (TPSA) is 75.3 Å². The summed E-state index contributed by atoms with van der Waals surface area (Å²) in [6.45, 7) is 3.39. The van der Waals surface area contributed by atoms with Gasteiger partial charge in [-0.05, 0) is 57.2 Å². The van der Waals surface area contributed by atoms with Crippen LogP contribution in [-0.4, -0.2) is 25.6 Å². The SMILES string of the molecule is CC(C)S(=O)(=O)N[C@H]1CC[C@H](C(=O)NCc2ccc(C(F)(F)F)cc2)CC1. The number of rotatable bonds is 6. The molecular formula is C18H25F3N2O3S. The Bertz CT molecular complexity index is 738. The van der Waals surface area contributed by atoms with Crippen LogP contribution in [0.15, 0.2) is 24.3 Å². The van der Waals surface area contributed by atoms with Crippen molar-refractivity contribution in [2.24, 2.45) is 5.92 Å². The van der Waals surface area contributed by atoms with E-state index < -0.39 is 27.0 Å². The molecule has 1 amide bonds. The second-order valence-electron chi connectivity index (χ2n) is 7.17. The van der Waals surface area contributed by atoms with Crippen molar-refractivity contribution in [2.45, 2.75) is 63.5 Å². The number of hydrogen-bond acceptors (Lipinski definition) is 3. The lowest BCUT2D eigenvalue weighted by molar-refractivity contribution is -0.137. The minimum Gasteiger partial charge on any atom is -0.352 e. The van der Waals surface area contributed by atoms with Crippen molar-refractivity contribution in [3.05, 3.63) is 35.4 Å². The Morgan fingerprint density at radius 1 is 1.11 bits per heavy atom. The standard InChI is InChI=1S/C18H25F3N2O3S/c1-12(2)27(25,26)23-16-9-5-14(6-10-16)17(24)22-11-13-3-7-15(8-4-13)18(19,20)21/h3-4,7-8,12,14,16,23H,5-6,9-11H2,1-2H3,(H,22,24)/t14-,16-. The molecule has 9 heteroatoms. The summed E-state index contributed by atoms with van der Waals surface area (Å²) in [5.74, 6) is -0.362. The van der Waals surface area contributed by atoms with Crippen LogP contribution >= 0.6 is 0 Å². The summed E-state index contributed by atoms with van der Waals surface area (Å²) in [4.78, 5) is 12.3. The van der Waals surface area contributed by atoms with E-state index in [0.717, 1.165) is 12.1 Å². The minimum atomic E-state index is -4.38. The van der Waals surface area contributed by atoms with Crippen molar-refractivity contribution in [1.29, 1.82) is 0 Å². The maximum atomic E-state index is 12.5.